The molecule has 0 fully saturated rings. The first kappa shape index (κ1) is 33.5. The Hall–Kier alpha value is -5.03. The van der Waals surface area contributed by atoms with Gasteiger partial charge in [-0.25, -0.2) is 4.98 Å². The minimum absolute atomic E-state index is 0.0306. The third-order valence-corrected chi connectivity index (χ3v) is 9.83. The van der Waals surface area contributed by atoms with Gasteiger partial charge in [-0.3, -0.25) is 4.57 Å². The maximum atomic E-state index is 6.59. The molecular weight excluding hydrogens is 613 g/mol. The van der Waals surface area contributed by atoms with Gasteiger partial charge in [0.2, 0.25) is 0 Å². The van der Waals surface area contributed by atoms with Gasteiger partial charge in [0.25, 0.3) is 0 Å². The molecule has 4 aromatic carbocycles. The van der Waals surface area contributed by atoms with Gasteiger partial charge in [-0.05, 0) is 94.0 Å². The van der Waals surface area contributed by atoms with Crippen molar-refractivity contribution in [3.63, 3.8) is 0 Å². The zero-order valence-electron chi connectivity index (χ0n) is 31.3. The molecular formula is C45H50N4O. The summed E-state index contributed by atoms with van der Waals surface area (Å²) >= 11 is 0. The van der Waals surface area contributed by atoms with Crippen LogP contribution in [-0.4, -0.2) is 16.2 Å². The molecule has 3 heterocycles. The predicted molar refractivity (Wildman–Crippen MR) is 211 cm³/mol. The molecule has 1 aliphatic heterocycles. The second-order valence-electron chi connectivity index (χ2n) is 16.9. The van der Waals surface area contributed by atoms with Crippen molar-refractivity contribution in [2.24, 2.45) is 0 Å². The van der Waals surface area contributed by atoms with E-state index in [4.69, 9.17) is 9.72 Å². The average molecular weight is 663 g/mol. The van der Waals surface area contributed by atoms with Crippen LogP contribution in [0, 0.1) is 6.92 Å². The second kappa shape index (κ2) is 12.1. The quantitative estimate of drug-likeness (QED) is 0.184. The van der Waals surface area contributed by atoms with Gasteiger partial charge in [-0.2, -0.15) is 0 Å². The molecule has 256 valence electrons. The Morgan fingerprint density at radius 1 is 0.560 bits per heavy atom. The number of hydrogen-bond donors (Lipinski definition) is 0. The molecule has 0 amide bonds. The Morgan fingerprint density at radius 3 is 1.78 bits per heavy atom. The minimum atomic E-state index is 0.0306. The van der Waals surface area contributed by atoms with Crippen LogP contribution in [0.1, 0.15) is 84.6 Å². The summed E-state index contributed by atoms with van der Waals surface area (Å²) in [6.07, 6.45) is 6.27. The summed E-state index contributed by atoms with van der Waals surface area (Å²) in [5, 5.41) is 2.38. The molecule has 0 unspecified atom stereocenters. The van der Waals surface area contributed by atoms with Crippen molar-refractivity contribution >= 4 is 33.2 Å². The number of aromatic nitrogens is 2. The van der Waals surface area contributed by atoms with Gasteiger partial charge in [0, 0.05) is 52.9 Å². The zero-order valence-corrected chi connectivity index (χ0v) is 31.3. The topological polar surface area (TPSA) is 33.5 Å². The summed E-state index contributed by atoms with van der Waals surface area (Å²) in [6, 6.07) is 32.9. The molecule has 0 saturated heterocycles. The van der Waals surface area contributed by atoms with Crippen LogP contribution < -0.4 is 14.5 Å². The number of benzene rings is 4. The van der Waals surface area contributed by atoms with Gasteiger partial charge >= 0.3 is 0 Å². The molecule has 0 spiro atoms. The van der Waals surface area contributed by atoms with E-state index in [-0.39, 0.29) is 16.2 Å². The zero-order chi connectivity index (χ0) is 35.6. The molecule has 0 saturated carbocycles. The van der Waals surface area contributed by atoms with Crippen LogP contribution in [0.2, 0.25) is 0 Å². The van der Waals surface area contributed by atoms with Crippen LogP contribution in [0.15, 0.2) is 110 Å². The van der Waals surface area contributed by atoms with E-state index < -0.39 is 0 Å². The number of nitrogens with zero attached hydrogens (tertiary/aromatic N) is 4. The first-order valence-electron chi connectivity index (χ1n) is 17.7. The maximum absolute atomic E-state index is 6.59. The monoisotopic (exact) mass is 662 g/mol. The molecule has 1 aliphatic rings. The lowest BCUT2D eigenvalue weighted by Gasteiger charge is -2.29. The van der Waals surface area contributed by atoms with Crippen LogP contribution in [0.5, 0.6) is 11.5 Å². The number of rotatable bonds is 5. The van der Waals surface area contributed by atoms with Crippen molar-refractivity contribution in [3.8, 4) is 17.3 Å². The highest BCUT2D eigenvalue weighted by Crippen LogP contribution is 2.39. The normalized spacial score (nSPS) is 14.0. The molecule has 2 aromatic heterocycles. The lowest BCUT2D eigenvalue weighted by atomic mass is 9.80. The van der Waals surface area contributed by atoms with Crippen LogP contribution in [0.4, 0.5) is 11.4 Å². The summed E-state index contributed by atoms with van der Waals surface area (Å²) in [5.74, 6) is 2.48. The Balaban J connectivity index is 1.20. The molecule has 0 aliphatic carbocycles. The average Bonchev–Trinajstić information content (AvgIpc) is 3.67. The molecule has 5 nitrogen and oxygen atoms in total. The van der Waals surface area contributed by atoms with Gasteiger partial charge in [0.05, 0.1) is 17.7 Å². The van der Waals surface area contributed by atoms with Crippen molar-refractivity contribution in [2.45, 2.75) is 85.5 Å². The molecule has 0 N–H and O–H groups in total. The summed E-state index contributed by atoms with van der Waals surface area (Å²) in [7, 11) is 0. The van der Waals surface area contributed by atoms with E-state index in [0.717, 1.165) is 46.3 Å². The standard InChI is InChI=1S/C45H50N4O/c1-30-14-19-42(46-28-30)49-40-25-31(43(2,3)4)15-17-38(40)39-18-16-37(27-41(39)49)50-36-13-11-12-34(26-36)47-20-21-48(29-47)35-23-32(44(5,6)7)22-33(24-35)45(8,9)10/h11-28H,29H2,1-10H3. The van der Waals surface area contributed by atoms with Crippen LogP contribution in [0.25, 0.3) is 27.6 Å². The molecule has 0 bridgehead atoms. The molecule has 5 heteroatoms. The van der Waals surface area contributed by atoms with Gasteiger partial charge < -0.3 is 14.5 Å². The van der Waals surface area contributed by atoms with Gasteiger partial charge in [-0.15, -0.1) is 0 Å². The Bertz CT molecular complexity index is 2210. The molecule has 0 atom stereocenters. The molecule has 50 heavy (non-hydrogen) atoms. The van der Waals surface area contributed by atoms with Crippen molar-refractivity contribution in [1.29, 1.82) is 0 Å². The van der Waals surface area contributed by atoms with E-state index in [1.807, 2.05) is 12.3 Å². The van der Waals surface area contributed by atoms with E-state index in [9.17, 15) is 0 Å². The highest BCUT2D eigenvalue weighted by Gasteiger charge is 2.24. The van der Waals surface area contributed by atoms with Crippen LogP contribution >= 0.6 is 0 Å². The van der Waals surface area contributed by atoms with Crippen molar-refractivity contribution in [2.75, 3.05) is 16.5 Å². The first-order valence-corrected chi connectivity index (χ1v) is 17.7. The van der Waals surface area contributed by atoms with E-state index in [2.05, 4.69) is 181 Å². The number of pyridine rings is 1. The maximum Gasteiger partial charge on any atom is 0.137 e. The number of fused-ring (bicyclic) bond motifs is 3. The van der Waals surface area contributed by atoms with Gasteiger partial charge in [0.15, 0.2) is 0 Å². The number of hydrogen-bond acceptors (Lipinski definition) is 4. The third-order valence-electron chi connectivity index (χ3n) is 9.83. The van der Waals surface area contributed by atoms with Crippen molar-refractivity contribution < 1.29 is 4.74 Å². The lowest BCUT2D eigenvalue weighted by Crippen LogP contribution is -2.26. The SMILES string of the molecule is Cc1ccc(-n2c3cc(Oc4cccc(N5C=CN(c6cc(C(C)(C)C)cc(C(C)(C)C)c6)C5)c4)ccc3c3ccc(C(C)(C)C)cc32)nc1. The number of anilines is 2. The molecule has 7 rings (SSSR count). The molecule has 0 radical (unpaired) electrons. The summed E-state index contributed by atoms with van der Waals surface area (Å²) < 4.78 is 8.86. The summed E-state index contributed by atoms with van der Waals surface area (Å²) in [6.45, 7) is 23.3. The van der Waals surface area contributed by atoms with Crippen LogP contribution in [-0.2, 0) is 16.2 Å². The number of ether oxygens (including phenoxy) is 1. The fourth-order valence-electron chi connectivity index (χ4n) is 6.63. The largest absolute Gasteiger partial charge is 0.457 e. The lowest BCUT2D eigenvalue weighted by molar-refractivity contribution is 0.483. The Labute approximate surface area is 297 Å². The fourth-order valence-corrected chi connectivity index (χ4v) is 6.63. The van der Waals surface area contributed by atoms with Crippen molar-refractivity contribution in [3.05, 3.63) is 132 Å². The Morgan fingerprint density at radius 2 is 1.16 bits per heavy atom. The van der Waals surface area contributed by atoms with Gasteiger partial charge in [0.1, 0.15) is 17.3 Å². The highest BCUT2D eigenvalue weighted by molar-refractivity contribution is 6.09. The van der Waals surface area contributed by atoms with E-state index in [0.29, 0.717) is 0 Å². The number of aryl methyl sites for hydroxylation is 1. The first-order chi connectivity index (χ1) is 23.5. The summed E-state index contributed by atoms with van der Waals surface area (Å²) in [4.78, 5) is 9.45. The molecule has 6 aromatic rings. The van der Waals surface area contributed by atoms with Crippen LogP contribution in [0.3, 0.4) is 0 Å². The van der Waals surface area contributed by atoms with Crippen molar-refractivity contribution in [1.82, 2.24) is 9.55 Å². The van der Waals surface area contributed by atoms with E-state index >= 15 is 0 Å². The van der Waals surface area contributed by atoms with Gasteiger partial charge in [-0.1, -0.05) is 92.6 Å². The third kappa shape index (κ3) is 6.49. The minimum Gasteiger partial charge on any atom is -0.457 e. The smallest absolute Gasteiger partial charge is 0.137 e. The van der Waals surface area contributed by atoms with E-state index in [1.54, 1.807) is 0 Å². The Kier molecular flexibility index (Phi) is 8.09. The fraction of sp³-hybridized carbons (Fsp3) is 0.311. The summed E-state index contributed by atoms with van der Waals surface area (Å²) in [5.41, 5.74) is 9.81. The predicted octanol–water partition coefficient (Wildman–Crippen LogP) is 11.9. The second-order valence-corrected chi connectivity index (χ2v) is 16.9. The highest BCUT2D eigenvalue weighted by atomic mass is 16.5. The van der Waals surface area contributed by atoms with E-state index in [1.165, 1.54) is 33.2 Å².